The Bertz CT molecular complexity index is 736. The summed E-state index contributed by atoms with van der Waals surface area (Å²) in [6, 6.07) is 6.09. The molecule has 0 saturated carbocycles. The van der Waals surface area contributed by atoms with Crippen LogP contribution in [-0.2, 0) is 16.0 Å². The zero-order chi connectivity index (χ0) is 18.6. The summed E-state index contributed by atoms with van der Waals surface area (Å²) < 4.78 is 18.4. The first kappa shape index (κ1) is 18.7. The van der Waals surface area contributed by atoms with Crippen LogP contribution in [0.3, 0.4) is 0 Å². The number of hydrogen-bond acceptors (Lipinski definition) is 5. The molecule has 0 bridgehead atoms. The fourth-order valence-electron chi connectivity index (χ4n) is 2.67. The van der Waals surface area contributed by atoms with Crippen LogP contribution in [0.25, 0.3) is 0 Å². The number of ketones is 1. The molecule has 5 nitrogen and oxygen atoms in total. The summed E-state index contributed by atoms with van der Waals surface area (Å²) in [4.78, 5) is 14.1. The lowest BCUT2D eigenvalue weighted by Gasteiger charge is -2.32. The number of nitrogens with zero attached hydrogens (tertiary/aromatic N) is 1. The zero-order valence-electron chi connectivity index (χ0n) is 14.6. The van der Waals surface area contributed by atoms with Crippen molar-refractivity contribution in [2.24, 2.45) is 5.73 Å². The molecule has 3 N–H and O–H groups in total. The summed E-state index contributed by atoms with van der Waals surface area (Å²) in [7, 11) is 1.70. The number of halogens is 1. The van der Waals surface area contributed by atoms with Gasteiger partial charge in [-0.05, 0) is 31.5 Å². The van der Waals surface area contributed by atoms with Crippen molar-refractivity contribution in [2.45, 2.75) is 26.4 Å². The van der Waals surface area contributed by atoms with Crippen molar-refractivity contribution in [1.82, 2.24) is 4.90 Å². The Morgan fingerprint density at radius 2 is 2.04 bits per heavy atom. The predicted molar refractivity (Wildman–Crippen MR) is 93.6 cm³/mol. The molecule has 2 rings (SSSR count). The molecule has 0 fully saturated rings. The predicted octanol–water partition coefficient (Wildman–Crippen LogP) is 2.24. The van der Waals surface area contributed by atoms with E-state index in [0.717, 1.165) is 11.3 Å². The summed E-state index contributed by atoms with van der Waals surface area (Å²) in [5.74, 6) is -0.832. The molecule has 1 aromatic carbocycles. The molecule has 0 saturated heterocycles. The van der Waals surface area contributed by atoms with Gasteiger partial charge in [0.2, 0.25) is 11.7 Å². The summed E-state index contributed by atoms with van der Waals surface area (Å²) in [6.07, 6.45) is 2.73. The molecule has 0 aromatic heterocycles. The Morgan fingerprint density at radius 1 is 1.40 bits per heavy atom. The number of aliphatic hydroxyl groups excluding tert-OH is 1. The Labute approximate surface area is 146 Å². The number of carbonyl (C=O) groups is 1. The highest BCUT2D eigenvalue weighted by Crippen LogP contribution is 2.28. The topological polar surface area (TPSA) is 75.8 Å². The van der Waals surface area contributed by atoms with E-state index < -0.39 is 11.9 Å². The number of benzene rings is 1. The summed E-state index contributed by atoms with van der Waals surface area (Å²) >= 11 is 0. The van der Waals surface area contributed by atoms with Crippen LogP contribution in [0.5, 0.6) is 0 Å². The van der Waals surface area contributed by atoms with Crippen LogP contribution in [-0.4, -0.2) is 35.5 Å². The van der Waals surface area contributed by atoms with E-state index in [4.69, 9.17) is 10.5 Å². The standard InChI is InChI=1S/C19H23FN2O3/c1-4-5-15-12(2)22(3)16(18(24)17(15)23)19(21)25-11-10-13-6-8-14(20)9-7-13/h4-9,17,23H,10-11,21H2,1-3H3/b5-4-,19-16?. The highest BCUT2D eigenvalue weighted by atomic mass is 19.1. The van der Waals surface area contributed by atoms with Crippen LogP contribution in [0.2, 0.25) is 0 Å². The van der Waals surface area contributed by atoms with Crippen molar-refractivity contribution in [1.29, 1.82) is 0 Å². The lowest BCUT2D eigenvalue weighted by molar-refractivity contribution is -0.124. The molecule has 134 valence electrons. The molecule has 1 aliphatic rings. The van der Waals surface area contributed by atoms with E-state index in [1.54, 1.807) is 43.2 Å². The van der Waals surface area contributed by atoms with Crippen molar-refractivity contribution in [3.63, 3.8) is 0 Å². The summed E-state index contributed by atoms with van der Waals surface area (Å²) in [6.45, 7) is 3.86. The number of hydrogen-bond donors (Lipinski definition) is 2. The molecular formula is C19H23FN2O3. The van der Waals surface area contributed by atoms with Gasteiger partial charge >= 0.3 is 0 Å². The van der Waals surface area contributed by atoms with Crippen molar-refractivity contribution in [3.05, 3.63) is 70.6 Å². The van der Waals surface area contributed by atoms with Crippen LogP contribution >= 0.6 is 0 Å². The molecule has 1 aliphatic heterocycles. The van der Waals surface area contributed by atoms with Gasteiger partial charge in [-0.25, -0.2) is 4.39 Å². The molecule has 1 heterocycles. The van der Waals surface area contributed by atoms with Crippen LogP contribution in [0.15, 0.2) is 59.3 Å². The third-order valence-corrected chi connectivity index (χ3v) is 4.17. The largest absolute Gasteiger partial charge is 0.477 e. The smallest absolute Gasteiger partial charge is 0.217 e. The summed E-state index contributed by atoms with van der Waals surface area (Å²) in [5, 5.41) is 10.2. The molecular weight excluding hydrogens is 323 g/mol. The van der Waals surface area contributed by atoms with Gasteiger partial charge in [0.15, 0.2) is 0 Å². The quantitative estimate of drug-likeness (QED) is 0.632. The van der Waals surface area contributed by atoms with Crippen molar-refractivity contribution < 1.29 is 19.0 Å². The highest BCUT2D eigenvalue weighted by Gasteiger charge is 2.35. The number of carbonyl (C=O) groups excluding carboxylic acids is 1. The van der Waals surface area contributed by atoms with Gasteiger partial charge in [-0.3, -0.25) is 4.79 Å². The SMILES string of the molecule is C/C=C\C1=C(C)N(C)C(=C(N)OCCc2ccc(F)cc2)C(=O)C1O. The van der Waals surface area contributed by atoms with Crippen molar-refractivity contribution in [3.8, 4) is 0 Å². The molecule has 6 heteroatoms. The lowest BCUT2D eigenvalue weighted by Crippen LogP contribution is -2.40. The zero-order valence-corrected chi connectivity index (χ0v) is 14.6. The minimum atomic E-state index is -1.26. The molecule has 1 unspecified atom stereocenters. The van der Waals surface area contributed by atoms with E-state index in [9.17, 15) is 14.3 Å². The number of ether oxygens (including phenoxy) is 1. The van der Waals surface area contributed by atoms with Gasteiger partial charge in [-0.15, -0.1) is 0 Å². The maximum absolute atomic E-state index is 12.9. The van der Waals surface area contributed by atoms with Crippen molar-refractivity contribution >= 4 is 5.78 Å². The van der Waals surface area contributed by atoms with E-state index >= 15 is 0 Å². The fraction of sp³-hybridized carbons (Fsp3) is 0.316. The van der Waals surface area contributed by atoms with Gasteiger partial charge in [-0.1, -0.05) is 24.3 Å². The average Bonchev–Trinajstić information content (AvgIpc) is 2.59. The second-order valence-corrected chi connectivity index (χ2v) is 5.80. The Kier molecular flexibility index (Phi) is 5.98. The third-order valence-electron chi connectivity index (χ3n) is 4.17. The van der Waals surface area contributed by atoms with E-state index in [-0.39, 0.29) is 24.0 Å². The van der Waals surface area contributed by atoms with Gasteiger partial charge in [0.05, 0.1) is 6.61 Å². The van der Waals surface area contributed by atoms with Crippen LogP contribution < -0.4 is 5.73 Å². The second-order valence-electron chi connectivity index (χ2n) is 5.80. The van der Waals surface area contributed by atoms with Crippen LogP contribution in [0.4, 0.5) is 4.39 Å². The van der Waals surface area contributed by atoms with E-state index in [1.165, 1.54) is 12.1 Å². The van der Waals surface area contributed by atoms with Crippen LogP contribution in [0, 0.1) is 5.82 Å². The highest BCUT2D eigenvalue weighted by molar-refractivity contribution is 6.02. The minimum absolute atomic E-state index is 0.0347. The van der Waals surface area contributed by atoms with Gasteiger partial charge < -0.3 is 20.5 Å². The first-order chi connectivity index (χ1) is 11.9. The number of likely N-dealkylation sites (N-methyl/N-ethyl adjacent to an activating group) is 1. The second kappa shape index (κ2) is 7.98. The number of nitrogens with two attached hydrogens (primary N) is 1. The Hall–Kier alpha value is -2.60. The number of allylic oxidation sites excluding steroid dienone is 2. The first-order valence-electron chi connectivity index (χ1n) is 8.03. The molecule has 25 heavy (non-hydrogen) atoms. The first-order valence-corrected chi connectivity index (χ1v) is 8.03. The van der Waals surface area contributed by atoms with E-state index in [0.29, 0.717) is 12.0 Å². The fourth-order valence-corrected chi connectivity index (χ4v) is 2.67. The Balaban J connectivity index is 2.14. The van der Waals surface area contributed by atoms with E-state index in [1.807, 2.05) is 6.92 Å². The van der Waals surface area contributed by atoms with Gasteiger partial charge in [-0.2, -0.15) is 0 Å². The van der Waals surface area contributed by atoms with Crippen molar-refractivity contribution in [2.75, 3.05) is 13.7 Å². The van der Waals surface area contributed by atoms with Crippen LogP contribution in [0.1, 0.15) is 19.4 Å². The monoisotopic (exact) mass is 346 g/mol. The number of aliphatic hydroxyl groups is 1. The summed E-state index contributed by atoms with van der Waals surface area (Å²) in [5.41, 5.74) is 8.25. The molecule has 0 aliphatic carbocycles. The minimum Gasteiger partial charge on any atom is -0.477 e. The molecule has 0 radical (unpaired) electrons. The molecule has 1 atom stereocenters. The van der Waals surface area contributed by atoms with Gasteiger partial charge in [0.1, 0.15) is 17.6 Å². The number of Topliss-reactive ketones (excluding diaryl/α,β-unsaturated/α-hetero) is 1. The van der Waals surface area contributed by atoms with Gasteiger partial charge in [0, 0.05) is 24.7 Å². The molecule has 1 aromatic rings. The lowest BCUT2D eigenvalue weighted by atomic mass is 9.95. The molecule has 0 amide bonds. The molecule has 0 spiro atoms. The third kappa shape index (κ3) is 4.09. The average molecular weight is 346 g/mol. The normalized spacial score (nSPS) is 20.4. The maximum atomic E-state index is 12.9. The van der Waals surface area contributed by atoms with Gasteiger partial charge in [0.25, 0.3) is 0 Å². The Morgan fingerprint density at radius 3 is 2.64 bits per heavy atom. The number of rotatable bonds is 5. The van der Waals surface area contributed by atoms with E-state index in [2.05, 4.69) is 0 Å². The maximum Gasteiger partial charge on any atom is 0.217 e.